The zero-order valence-corrected chi connectivity index (χ0v) is 10.4. The Bertz CT molecular complexity index is 765. The van der Waals surface area contributed by atoms with Gasteiger partial charge in [0.15, 0.2) is 22.9 Å². The molecule has 0 radical (unpaired) electrons. The van der Waals surface area contributed by atoms with Crippen molar-refractivity contribution < 1.29 is 9.53 Å². The minimum Gasteiger partial charge on any atom is -0.464 e. The van der Waals surface area contributed by atoms with E-state index in [4.69, 9.17) is 16.3 Å². The van der Waals surface area contributed by atoms with E-state index in [1.165, 1.54) is 30.1 Å². The summed E-state index contributed by atoms with van der Waals surface area (Å²) < 4.78 is 5.82. The van der Waals surface area contributed by atoms with Crippen molar-refractivity contribution in [1.29, 1.82) is 10.5 Å². The summed E-state index contributed by atoms with van der Waals surface area (Å²) in [5.74, 6) is -0.496. The Morgan fingerprint density at radius 2 is 2.15 bits per heavy atom. The van der Waals surface area contributed by atoms with Gasteiger partial charge in [0.1, 0.15) is 18.5 Å². The molecule has 0 saturated heterocycles. The van der Waals surface area contributed by atoms with Crippen LogP contribution in [0.1, 0.15) is 21.9 Å². The lowest BCUT2D eigenvalue weighted by atomic mass is 10.3. The number of pyridine rings is 1. The van der Waals surface area contributed by atoms with Crippen LogP contribution >= 0.6 is 0 Å². The lowest BCUT2D eigenvalue weighted by molar-refractivity contribution is 0.0594. The molecule has 0 fully saturated rings. The quantitative estimate of drug-likeness (QED) is 0.778. The third kappa shape index (κ3) is 2.02. The van der Waals surface area contributed by atoms with Gasteiger partial charge in [-0.15, -0.1) is 0 Å². The molecule has 2 heterocycles. The largest absolute Gasteiger partial charge is 0.464 e. The van der Waals surface area contributed by atoms with Gasteiger partial charge in [0.2, 0.25) is 0 Å². The Balaban J connectivity index is 2.65. The van der Waals surface area contributed by atoms with Crippen LogP contribution in [0.2, 0.25) is 0 Å². The van der Waals surface area contributed by atoms with Crippen LogP contribution in [0.4, 0.5) is 5.69 Å². The number of hydrogen-bond acceptors (Lipinski definition) is 7. The van der Waals surface area contributed by atoms with E-state index < -0.39 is 5.97 Å². The summed E-state index contributed by atoms with van der Waals surface area (Å²) in [6.07, 6.45) is 1.25. The number of rotatable bonds is 2. The molecule has 8 heteroatoms. The smallest absolute Gasteiger partial charge is 0.356 e. The van der Waals surface area contributed by atoms with Crippen LogP contribution in [-0.2, 0) is 4.74 Å². The van der Waals surface area contributed by atoms with Gasteiger partial charge in [0, 0.05) is 0 Å². The van der Waals surface area contributed by atoms with E-state index in [0.29, 0.717) is 0 Å². The van der Waals surface area contributed by atoms with Gasteiger partial charge >= 0.3 is 5.97 Å². The van der Waals surface area contributed by atoms with Crippen LogP contribution < -0.4 is 5.73 Å². The molecular formula is C12H8N6O2. The molecule has 0 aliphatic heterocycles. The van der Waals surface area contributed by atoms with Crippen molar-refractivity contribution in [3.8, 4) is 18.0 Å². The molecule has 20 heavy (non-hydrogen) atoms. The van der Waals surface area contributed by atoms with Crippen molar-refractivity contribution in [2.24, 2.45) is 0 Å². The summed E-state index contributed by atoms with van der Waals surface area (Å²) in [6, 6.07) is 6.50. The first kappa shape index (κ1) is 13.1. The van der Waals surface area contributed by atoms with E-state index in [-0.39, 0.29) is 28.6 Å². The molecule has 0 aliphatic rings. The van der Waals surface area contributed by atoms with Crippen molar-refractivity contribution in [1.82, 2.24) is 14.5 Å². The van der Waals surface area contributed by atoms with Gasteiger partial charge in [-0.25, -0.2) is 14.8 Å². The number of nitrogen functional groups attached to an aromatic ring is 1. The number of anilines is 1. The average molecular weight is 268 g/mol. The average Bonchev–Trinajstić information content (AvgIpc) is 2.89. The molecule has 8 nitrogen and oxygen atoms in total. The van der Waals surface area contributed by atoms with Crippen molar-refractivity contribution in [3.05, 3.63) is 35.5 Å². The SMILES string of the molecule is COC(=O)c1ccc(N)c(-n2cnc(C#N)c2C#N)n1. The second-order valence-corrected chi connectivity index (χ2v) is 3.64. The molecular weight excluding hydrogens is 260 g/mol. The van der Waals surface area contributed by atoms with Gasteiger partial charge in [0.25, 0.3) is 0 Å². The Morgan fingerprint density at radius 1 is 1.40 bits per heavy atom. The molecule has 0 aromatic carbocycles. The lowest BCUT2D eigenvalue weighted by Gasteiger charge is -2.08. The first-order chi connectivity index (χ1) is 9.62. The molecule has 2 rings (SSSR count). The van der Waals surface area contributed by atoms with Crippen LogP contribution in [0.5, 0.6) is 0 Å². The first-order valence-corrected chi connectivity index (χ1v) is 5.35. The maximum absolute atomic E-state index is 11.5. The fourth-order valence-corrected chi connectivity index (χ4v) is 1.57. The molecule has 2 aromatic rings. The summed E-state index contributed by atoms with van der Waals surface area (Å²) in [7, 11) is 1.23. The van der Waals surface area contributed by atoms with E-state index in [0.717, 1.165) is 0 Å². The number of hydrogen-bond donors (Lipinski definition) is 1. The highest BCUT2D eigenvalue weighted by Crippen LogP contribution is 2.19. The second-order valence-electron chi connectivity index (χ2n) is 3.64. The fraction of sp³-hybridized carbons (Fsp3) is 0.0833. The zero-order chi connectivity index (χ0) is 14.7. The number of carbonyl (C=O) groups excluding carboxylic acids is 1. The number of nitrogens with two attached hydrogens (primary N) is 1. The minimum atomic E-state index is -0.634. The highest BCUT2D eigenvalue weighted by molar-refractivity contribution is 5.88. The van der Waals surface area contributed by atoms with Gasteiger partial charge < -0.3 is 10.5 Å². The fourth-order valence-electron chi connectivity index (χ4n) is 1.57. The highest BCUT2D eigenvalue weighted by Gasteiger charge is 2.17. The highest BCUT2D eigenvalue weighted by atomic mass is 16.5. The normalized spacial score (nSPS) is 9.55. The molecule has 2 N–H and O–H groups in total. The Kier molecular flexibility index (Phi) is 3.32. The lowest BCUT2D eigenvalue weighted by Crippen LogP contribution is -2.10. The zero-order valence-electron chi connectivity index (χ0n) is 10.4. The van der Waals surface area contributed by atoms with E-state index in [1.54, 1.807) is 6.07 Å². The van der Waals surface area contributed by atoms with E-state index in [2.05, 4.69) is 14.7 Å². The Hall–Kier alpha value is -3.39. The van der Waals surface area contributed by atoms with Crippen molar-refractivity contribution in [2.75, 3.05) is 12.8 Å². The number of methoxy groups -OCH3 is 1. The first-order valence-electron chi connectivity index (χ1n) is 5.35. The maximum atomic E-state index is 11.5. The topological polar surface area (TPSA) is 131 Å². The van der Waals surface area contributed by atoms with Crippen LogP contribution in [-0.4, -0.2) is 27.6 Å². The van der Waals surface area contributed by atoms with E-state index in [9.17, 15) is 4.79 Å². The van der Waals surface area contributed by atoms with Crippen molar-refractivity contribution in [2.45, 2.75) is 0 Å². The molecule has 0 aliphatic carbocycles. The number of carbonyl (C=O) groups is 1. The van der Waals surface area contributed by atoms with Crippen LogP contribution in [0.15, 0.2) is 18.5 Å². The molecule has 0 bridgehead atoms. The molecule has 0 saturated carbocycles. The minimum absolute atomic E-state index is 0.00582. The van der Waals surface area contributed by atoms with Crippen molar-refractivity contribution >= 4 is 11.7 Å². The Morgan fingerprint density at radius 3 is 2.75 bits per heavy atom. The number of nitrogens with zero attached hydrogens (tertiary/aromatic N) is 5. The monoisotopic (exact) mass is 268 g/mol. The molecule has 0 amide bonds. The summed E-state index contributed by atoms with van der Waals surface area (Å²) in [5.41, 5.74) is 6.00. The predicted octanol–water partition coefficient (Wildman–Crippen LogP) is 0.379. The number of esters is 1. The van der Waals surface area contributed by atoms with Gasteiger partial charge in [-0.2, -0.15) is 10.5 Å². The molecule has 2 aromatic heterocycles. The van der Waals surface area contributed by atoms with Crippen LogP contribution in [0.25, 0.3) is 5.82 Å². The van der Waals surface area contributed by atoms with Crippen LogP contribution in [0.3, 0.4) is 0 Å². The Labute approximate surface area is 113 Å². The number of nitriles is 2. The summed E-state index contributed by atoms with van der Waals surface area (Å²) >= 11 is 0. The molecule has 98 valence electrons. The maximum Gasteiger partial charge on any atom is 0.356 e. The molecule has 0 spiro atoms. The van der Waals surface area contributed by atoms with Gasteiger partial charge in [-0.3, -0.25) is 4.57 Å². The van der Waals surface area contributed by atoms with Crippen molar-refractivity contribution in [3.63, 3.8) is 0 Å². The third-order valence-corrected chi connectivity index (χ3v) is 2.51. The predicted molar refractivity (Wildman–Crippen MR) is 66.5 cm³/mol. The van der Waals surface area contributed by atoms with Gasteiger partial charge in [-0.05, 0) is 12.1 Å². The number of ether oxygens (including phenoxy) is 1. The van der Waals surface area contributed by atoms with Crippen LogP contribution in [0, 0.1) is 22.7 Å². The summed E-state index contributed by atoms with van der Waals surface area (Å²) in [6.45, 7) is 0. The molecule has 0 unspecified atom stereocenters. The van der Waals surface area contributed by atoms with Gasteiger partial charge in [0.05, 0.1) is 12.8 Å². The number of imidazole rings is 1. The molecule has 0 atom stereocenters. The summed E-state index contributed by atoms with van der Waals surface area (Å²) in [4.78, 5) is 19.3. The second kappa shape index (κ2) is 5.08. The van der Waals surface area contributed by atoms with E-state index in [1.807, 2.05) is 6.07 Å². The van der Waals surface area contributed by atoms with Gasteiger partial charge in [-0.1, -0.05) is 0 Å². The standard InChI is InChI=1S/C12H8N6O2/c1-20-12(19)8-3-2-7(15)11(17-8)18-6-16-9(4-13)10(18)5-14/h2-3,6H,15H2,1H3. The third-order valence-electron chi connectivity index (χ3n) is 2.51. The number of aromatic nitrogens is 3. The summed E-state index contributed by atoms with van der Waals surface area (Å²) in [5, 5.41) is 17.9. The van der Waals surface area contributed by atoms with E-state index >= 15 is 0 Å².